The van der Waals surface area contributed by atoms with Gasteiger partial charge in [0.1, 0.15) is 11.5 Å². The van der Waals surface area contributed by atoms with Gasteiger partial charge in [-0.25, -0.2) is 15.0 Å². The molecule has 5 aromatic rings. The van der Waals surface area contributed by atoms with Crippen LogP contribution in [0.1, 0.15) is 55.0 Å². The summed E-state index contributed by atoms with van der Waals surface area (Å²) < 4.78 is 4.14. The average molecular weight is 484 g/mol. The first kappa shape index (κ1) is 22.4. The van der Waals surface area contributed by atoms with Gasteiger partial charge in [-0.15, -0.1) is 0 Å². The number of H-pyrrole nitrogens is 1. The Balaban J connectivity index is 1.30. The fourth-order valence-electron chi connectivity index (χ4n) is 5.13. The second kappa shape index (κ2) is 8.87. The van der Waals surface area contributed by atoms with E-state index < -0.39 is 0 Å². The maximum absolute atomic E-state index is 13.1. The van der Waals surface area contributed by atoms with Crippen LogP contribution in [0.4, 0.5) is 5.69 Å². The Hall–Kier alpha value is -4.05. The number of rotatable bonds is 5. The molecular weight excluding hydrogens is 454 g/mol. The first-order valence-electron chi connectivity index (χ1n) is 12.4. The van der Waals surface area contributed by atoms with Gasteiger partial charge in [-0.1, -0.05) is 0 Å². The van der Waals surface area contributed by atoms with Gasteiger partial charge in [0.05, 0.1) is 29.0 Å². The minimum atomic E-state index is -0.219. The predicted octanol–water partition coefficient (Wildman–Crippen LogP) is 4.24. The molecule has 5 aromatic heterocycles. The number of nitrogens with one attached hydrogen (secondary N) is 3. The summed E-state index contributed by atoms with van der Waals surface area (Å²) in [5.41, 5.74) is 5.48. The molecule has 0 unspecified atom stereocenters. The minimum absolute atomic E-state index is 0.219. The van der Waals surface area contributed by atoms with E-state index >= 15 is 0 Å². The largest absolute Gasteiger partial charge is 0.346 e. The molecule has 1 aliphatic heterocycles. The van der Waals surface area contributed by atoms with E-state index in [-0.39, 0.29) is 11.9 Å². The molecule has 1 saturated heterocycles. The van der Waals surface area contributed by atoms with E-state index in [9.17, 15) is 4.79 Å². The lowest BCUT2D eigenvalue weighted by Gasteiger charge is -2.22. The summed E-state index contributed by atoms with van der Waals surface area (Å²) in [6.45, 7) is 8.24. The number of aryl methyl sites for hydroxylation is 1. The van der Waals surface area contributed by atoms with E-state index in [1.54, 1.807) is 12.4 Å². The van der Waals surface area contributed by atoms with Crippen molar-refractivity contribution in [1.29, 1.82) is 0 Å². The molecule has 0 aliphatic carbocycles. The van der Waals surface area contributed by atoms with E-state index in [0.717, 1.165) is 59.4 Å². The van der Waals surface area contributed by atoms with Gasteiger partial charge < -0.3 is 20.2 Å². The predicted molar refractivity (Wildman–Crippen MR) is 139 cm³/mol. The Labute approximate surface area is 208 Å². The molecule has 0 aromatic carbocycles. The second-order valence-electron chi connectivity index (χ2n) is 9.66. The number of pyridine rings is 2. The number of nitrogens with zero attached hydrogens (tertiary/aromatic N) is 6. The van der Waals surface area contributed by atoms with Crippen molar-refractivity contribution in [3.8, 4) is 11.1 Å². The van der Waals surface area contributed by atoms with E-state index in [0.29, 0.717) is 22.9 Å². The number of aromatic amines is 1. The van der Waals surface area contributed by atoms with Gasteiger partial charge >= 0.3 is 0 Å². The Morgan fingerprint density at radius 2 is 1.97 bits per heavy atom. The van der Waals surface area contributed by atoms with Crippen LogP contribution in [0, 0.1) is 6.92 Å². The molecule has 6 heterocycles. The Morgan fingerprint density at radius 3 is 2.78 bits per heavy atom. The first-order valence-corrected chi connectivity index (χ1v) is 12.4. The molecule has 0 radical (unpaired) electrons. The number of amides is 1. The van der Waals surface area contributed by atoms with Crippen molar-refractivity contribution in [2.75, 3.05) is 18.4 Å². The summed E-state index contributed by atoms with van der Waals surface area (Å²) in [6.07, 6.45) is 11.0. The zero-order valence-corrected chi connectivity index (χ0v) is 20.6. The number of fused-ring (bicyclic) bond motifs is 2. The van der Waals surface area contributed by atoms with Gasteiger partial charge in [-0.3, -0.25) is 9.48 Å². The van der Waals surface area contributed by atoms with Crippen LogP contribution in [-0.4, -0.2) is 53.3 Å². The minimum Gasteiger partial charge on any atom is -0.346 e. The highest BCUT2D eigenvalue weighted by atomic mass is 16.1. The molecule has 0 bridgehead atoms. The second-order valence-corrected chi connectivity index (χ2v) is 9.66. The molecule has 10 nitrogen and oxygen atoms in total. The fourth-order valence-corrected chi connectivity index (χ4v) is 5.13. The lowest BCUT2D eigenvalue weighted by atomic mass is 10.1. The molecular formula is C26H29N9O. The maximum atomic E-state index is 13.1. The summed E-state index contributed by atoms with van der Waals surface area (Å²) in [7, 11) is 0. The summed E-state index contributed by atoms with van der Waals surface area (Å²) >= 11 is 0. The average Bonchev–Trinajstić information content (AvgIpc) is 3.60. The van der Waals surface area contributed by atoms with Crippen molar-refractivity contribution >= 4 is 33.8 Å². The number of aromatic nitrogens is 7. The number of piperidine rings is 1. The van der Waals surface area contributed by atoms with Crippen LogP contribution >= 0.6 is 0 Å². The molecule has 1 fully saturated rings. The summed E-state index contributed by atoms with van der Waals surface area (Å²) in [6, 6.07) is 4.60. The van der Waals surface area contributed by atoms with Crippen LogP contribution in [0.5, 0.6) is 0 Å². The highest BCUT2D eigenvalue weighted by molar-refractivity contribution is 6.07. The molecule has 36 heavy (non-hydrogen) atoms. The van der Waals surface area contributed by atoms with Crippen LogP contribution in [0.3, 0.4) is 0 Å². The summed E-state index contributed by atoms with van der Waals surface area (Å²) in [4.78, 5) is 30.0. The molecule has 1 aliphatic rings. The van der Waals surface area contributed by atoms with Crippen LogP contribution in [0.25, 0.3) is 33.3 Å². The molecule has 6 rings (SSSR count). The van der Waals surface area contributed by atoms with E-state index in [2.05, 4.69) is 60.1 Å². The lowest BCUT2D eigenvalue weighted by molar-refractivity contribution is 0.102. The number of carbonyl (C=O) groups excluding carboxylic acids is 1. The van der Waals surface area contributed by atoms with Gasteiger partial charge in [-0.05, 0) is 58.8 Å². The zero-order valence-electron chi connectivity index (χ0n) is 20.6. The number of hydrogen-bond acceptors (Lipinski definition) is 6. The Bertz CT molecular complexity index is 1570. The normalized spacial score (nSPS) is 14.8. The van der Waals surface area contributed by atoms with Crippen LogP contribution < -0.4 is 10.6 Å². The molecule has 0 spiro atoms. The number of hydrogen-bond donors (Lipinski definition) is 3. The lowest BCUT2D eigenvalue weighted by Crippen LogP contribution is -2.29. The molecule has 0 saturated carbocycles. The highest BCUT2D eigenvalue weighted by Gasteiger charge is 2.18. The Morgan fingerprint density at radius 1 is 1.14 bits per heavy atom. The van der Waals surface area contributed by atoms with E-state index in [4.69, 9.17) is 0 Å². The fraction of sp³-hybridized carbons (Fsp3) is 0.346. The third kappa shape index (κ3) is 3.93. The Kier molecular flexibility index (Phi) is 5.52. The van der Waals surface area contributed by atoms with Crippen molar-refractivity contribution in [3.05, 3.63) is 54.5 Å². The number of imidazole rings is 1. The first-order chi connectivity index (χ1) is 17.5. The molecule has 1 amide bonds. The van der Waals surface area contributed by atoms with Crippen molar-refractivity contribution < 1.29 is 4.79 Å². The van der Waals surface area contributed by atoms with E-state index in [1.807, 2.05) is 36.3 Å². The molecule has 184 valence electrons. The highest BCUT2D eigenvalue weighted by Crippen LogP contribution is 2.31. The van der Waals surface area contributed by atoms with Gasteiger partial charge in [0, 0.05) is 47.3 Å². The van der Waals surface area contributed by atoms with Crippen LogP contribution in [-0.2, 0) is 0 Å². The molecule has 0 atom stereocenters. The summed E-state index contributed by atoms with van der Waals surface area (Å²) in [5.74, 6) is 0.719. The molecule has 10 heteroatoms. The van der Waals surface area contributed by atoms with Crippen molar-refractivity contribution in [3.63, 3.8) is 0 Å². The number of anilines is 1. The van der Waals surface area contributed by atoms with Gasteiger partial charge in [-0.2, -0.15) is 5.10 Å². The molecule has 3 N–H and O–H groups in total. The van der Waals surface area contributed by atoms with Gasteiger partial charge in [0.15, 0.2) is 5.65 Å². The SMILES string of the molecule is Cc1nc2ncc(-c3c[nH]c4ncc(C(=O)Nc5cnn(C6CCNCC6)c5)cc34)cc2n1C(C)C. The monoisotopic (exact) mass is 483 g/mol. The summed E-state index contributed by atoms with van der Waals surface area (Å²) in [5, 5.41) is 11.7. The van der Waals surface area contributed by atoms with Crippen molar-refractivity contribution in [2.45, 2.75) is 45.7 Å². The maximum Gasteiger partial charge on any atom is 0.257 e. The van der Waals surface area contributed by atoms with Gasteiger partial charge in [0.25, 0.3) is 5.91 Å². The topological polar surface area (TPSA) is 118 Å². The van der Waals surface area contributed by atoms with Crippen LogP contribution in [0.2, 0.25) is 0 Å². The van der Waals surface area contributed by atoms with E-state index in [1.165, 1.54) is 0 Å². The third-order valence-electron chi connectivity index (χ3n) is 6.89. The number of carbonyl (C=O) groups is 1. The standard InChI is InChI=1S/C26H29N9O/c1-15(2)35-16(3)32-25-23(35)9-17(10-29-25)22-13-30-24-21(22)8-18(11-28-24)26(36)33-19-12-31-34(14-19)20-4-6-27-7-5-20/h8-15,20,27H,4-7H2,1-3H3,(H,28,30)(H,33,36). The smallest absolute Gasteiger partial charge is 0.257 e. The van der Waals surface area contributed by atoms with Crippen molar-refractivity contribution in [1.82, 2.24) is 39.6 Å². The zero-order chi connectivity index (χ0) is 24.8. The third-order valence-corrected chi connectivity index (χ3v) is 6.89. The quantitative estimate of drug-likeness (QED) is 0.344. The van der Waals surface area contributed by atoms with Crippen molar-refractivity contribution in [2.24, 2.45) is 0 Å². The van der Waals surface area contributed by atoms with Crippen LogP contribution in [0.15, 0.2) is 43.1 Å². The van der Waals surface area contributed by atoms with Gasteiger partial charge in [0.2, 0.25) is 0 Å².